The molecule has 0 radical (unpaired) electrons. The minimum atomic E-state index is -1.20. The van der Waals surface area contributed by atoms with Gasteiger partial charge in [-0.15, -0.1) is 0 Å². The molecule has 7 atom stereocenters. The number of carbonyl (C=O) groups is 5. The zero-order valence-electron chi connectivity index (χ0n) is 20.3. The molecule has 0 bridgehead atoms. The van der Waals surface area contributed by atoms with Gasteiger partial charge in [0.05, 0.1) is 31.5 Å². The molecule has 4 rings (SSSR count). The molecule has 1 unspecified atom stereocenters. The minimum Gasteiger partial charge on any atom is -0.472 e. The number of esters is 3. The van der Waals surface area contributed by atoms with Crippen LogP contribution < -0.4 is 5.32 Å². The van der Waals surface area contributed by atoms with Crippen LogP contribution in [-0.2, 0) is 38.2 Å². The second-order valence-electron chi connectivity index (χ2n) is 10.3. The first-order chi connectivity index (χ1) is 16.5. The summed E-state index contributed by atoms with van der Waals surface area (Å²) < 4.78 is 21.5. The van der Waals surface area contributed by atoms with Crippen LogP contribution in [0.15, 0.2) is 23.0 Å². The summed E-state index contributed by atoms with van der Waals surface area (Å²) in [5, 5.41) is 2.35. The lowest BCUT2D eigenvalue weighted by molar-refractivity contribution is -0.210. The van der Waals surface area contributed by atoms with Crippen LogP contribution in [0, 0.1) is 28.6 Å². The van der Waals surface area contributed by atoms with Crippen LogP contribution in [0.25, 0.3) is 0 Å². The molecule has 190 valence electrons. The van der Waals surface area contributed by atoms with E-state index in [1.165, 1.54) is 26.6 Å². The van der Waals surface area contributed by atoms with E-state index < -0.39 is 65.2 Å². The summed E-state index contributed by atoms with van der Waals surface area (Å²) in [7, 11) is 1.29. The van der Waals surface area contributed by atoms with Crippen molar-refractivity contribution in [2.75, 3.05) is 13.7 Å². The Morgan fingerprint density at radius 3 is 2.57 bits per heavy atom. The van der Waals surface area contributed by atoms with Crippen molar-refractivity contribution in [3.05, 3.63) is 24.2 Å². The zero-order chi connectivity index (χ0) is 25.5. The third-order valence-electron chi connectivity index (χ3n) is 8.26. The van der Waals surface area contributed by atoms with Crippen molar-refractivity contribution in [2.45, 2.75) is 58.7 Å². The van der Waals surface area contributed by atoms with Gasteiger partial charge in [0.25, 0.3) is 0 Å². The van der Waals surface area contributed by atoms with Gasteiger partial charge in [0.2, 0.25) is 5.91 Å². The number of cyclic esters (lactones) is 1. The average molecular weight is 490 g/mol. The van der Waals surface area contributed by atoms with Crippen molar-refractivity contribution >= 4 is 29.6 Å². The largest absolute Gasteiger partial charge is 0.472 e. The first-order valence-corrected chi connectivity index (χ1v) is 11.8. The average Bonchev–Trinajstić information content (AvgIpc) is 3.33. The van der Waals surface area contributed by atoms with Gasteiger partial charge in [-0.05, 0) is 36.2 Å². The van der Waals surface area contributed by atoms with Gasteiger partial charge in [0.1, 0.15) is 12.6 Å². The predicted octanol–water partition coefficient (Wildman–Crippen LogP) is 2.12. The molecular formula is C25H31NO9. The number of amides is 1. The van der Waals surface area contributed by atoms with Crippen molar-refractivity contribution < 1.29 is 42.6 Å². The summed E-state index contributed by atoms with van der Waals surface area (Å²) in [6.07, 6.45) is 2.46. The summed E-state index contributed by atoms with van der Waals surface area (Å²) in [5.74, 6) is -4.40. The lowest BCUT2D eigenvalue weighted by Crippen LogP contribution is -2.65. The fraction of sp³-hybridized carbons (Fsp3) is 0.640. The first kappa shape index (κ1) is 24.9. The lowest BCUT2D eigenvalue weighted by Gasteiger charge is -2.61. The second kappa shape index (κ2) is 9.13. The van der Waals surface area contributed by atoms with Crippen molar-refractivity contribution in [3.63, 3.8) is 0 Å². The maximum atomic E-state index is 14.0. The zero-order valence-corrected chi connectivity index (χ0v) is 20.3. The molecule has 1 N–H and O–H groups in total. The van der Waals surface area contributed by atoms with Crippen LogP contribution >= 0.6 is 0 Å². The summed E-state index contributed by atoms with van der Waals surface area (Å²) in [6, 6.07) is 1.72. The molecule has 3 aliphatic rings. The number of ether oxygens (including phenoxy) is 3. The fourth-order valence-electron chi connectivity index (χ4n) is 6.66. The first-order valence-electron chi connectivity index (χ1n) is 11.8. The molecule has 0 aromatic carbocycles. The van der Waals surface area contributed by atoms with Gasteiger partial charge >= 0.3 is 17.9 Å². The van der Waals surface area contributed by atoms with Gasteiger partial charge in [-0.3, -0.25) is 24.0 Å². The third kappa shape index (κ3) is 4.23. The van der Waals surface area contributed by atoms with Gasteiger partial charge in [-0.25, -0.2) is 0 Å². The highest BCUT2D eigenvalue weighted by Gasteiger charge is 2.67. The van der Waals surface area contributed by atoms with Crippen molar-refractivity contribution in [3.8, 4) is 0 Å². The summed E-state index contributed by atoms with van der Waals surface area (Å²) in [5.41, 5.74) is -0.957. The number of carbonyl (C=O) groups excluding carboxylic acids is 5. The molecule has 10 nitrogen and oxygen atoms in total. The summed E-state index contributed by atoms with van der Waals surface area (Å²) >= 11 is 0. The number of fused-ring (bicyclic) bond motifs is 3. The van der Waals surface area contributed by atoms with Crippen LogP contribution in [0.3, 0.4) is 0 Å². The van der Waals surface area contributed by atoms with E-state index in [1.807, 2.05) is 13.8 Å². The molecule has 2 aliphatic carbocycles. The Morgan fingerprint density at radius 1 is 1.20 bits per heavy atom. The highest BCUT2D eigenvalue weighted by Crippen LogP contribution is 2.65. The normalized spacial score (nSPS) is 36.3. The molecular weight excluding hydrogens is 458 g/mol. The minimum absolute atomic E-state index is 0.0132. The fourth-order valence-corrected chi connectivity index (χ4v) is 6.66. The molecule has 1 amide bonds. The molecule has 1 aromatic heterocycles. The Bertz CT molecular complexity index is 1030. The van der Waals surface area contributed by atoms with E-state index in [9.17, 15) is 24.0 Å². The van der Waals surface area contributed by atoms with E-state index in [0.29, 0.717) is 24.8 Å². The number of hydrogen-bond donors (Lipinski definition) is 1. The quantitative estimate of drug-likeness (QED) is 0.487. The maximum absolute atomic E-state index is 14.0. The standard InChI is InChI=1S/C25H31NO9/c1-13(27)26-11-19(28)34-17-9-16(22(30)32-4)24(2)7-5-15-23(31)35-18(14-6-8-33-12-14)10-25(15,3)21(24)20(17)29/h6,8,12,15-18,21H,5,7,9-11H2,1-4H3,(H,26,27)/t15-,16-,17-,18-,21?,24-,25-/m0/s1. The van der Waals surface area contributed by atoms with Crippen LogP contribution in [0.1, 0.15) is 58.1 Å². The van der Waals surface area contributed by atoms with Gasteiger partial charge in [-0.2, -0.15) is 0 Å². The van der Waals surface area contributed by atoms with Crippen molar-refractivity contribution in [2.24, 2.45) is 28.6 Å². The van der Waals surface area contributed by atoms with Gasteiger partial charge in [0, 0.05) is 24.8 Å². The second-order valence-corrected chi connectivity index (χ2v) is 10.3. The lowest BCUT2D eigenvalue weighted by atomic mass is 9.43. The van der Waals surface area contributed by atoms with E-state index in [1.54, 1.807) is 6.07 Å². The molecule has 0 spiro atoms. The van der Waals surface area contributed by atoms with Crippen LogP contribution in [0.5, 0.6) is 0 Å². The predicted molar refractivity (Wildman–Crippen MR) is 118 cm³/mol. The number of rotatable bonds is 5. The Kier molecular flexibility index (Phi) is 6.50. The maximum Gasteiger partial charge on any atom is 0.326 e. The van der Waals surface area contributed by atoms with E-state index in [2.05, 4.69) is 5.32 Å². The van der Waals surface area contributed by atoms with Crippen molar-refractivity contribution in [1.29, 1.82) is 0 Å². The van der Waals surface area contributed by atoms with Crippen LogP contribution in [-0.4, -0.2) is 49.4 Å². The monoisotopic (exact) mass is 489 g/mol. The van der Waals surface area contributed by atoms with Gasteiger partial charge in [-0.1, -0.05) is 13.8 Å². The van der Waals surface area contributed by atoms with Crippen LogP contribution in [0.4, 0.5) is 0 Å². The molecule has 35 heavy (non-hydrogen) atoms. The van der Waals surface area contributed by atoms with E-state index >= 15 is 0 Å². The van der Waals surface area contributed by atoms with Crippen LogP contribution in [0.2, 0.25) is 0 Å². The summed E-state index contributed by atoms with van der Waals surface area (Å²) in [4.78, 5) is 63.6. The van der Waals surface area contributed by atoms with E-state index in [0.717, 1.165) is 0 Å². The Labute approximate surface area is 203 Å². The molecule has 1 aromatic rings. The third-order valence-corrected chi connectivity index (χ3v) is 8.26. The number of furan rings is 1. The highest BCUT2D eigenvalue weighted by atomic mass is 16.6. The molecule has 2 saturated carbocycles. The molecule has 1 aliphatic heterocycles. The number of ketones is 1. The summed E-state index contributed by atoms with van der Waals surface area (Å²) in [6.45, 7) is 4.65. The molecule has 3 fully saturated rings. The highest BCUT2D eigenvalue weighted by molar-refractivity contribution is 5.93. The molecule has 10 heteroatoms. The topological polar surface area (TPSA) is 138 Å². The molecule has 2 heterocycles. The number of nitrogens with one attached hydrogen (secondary N) is 1. The Balaban J connectivity index is 1.71. The Morgan fingerprint density at radius 2 is 1.94 bits per heavy atom. The smallest absolute Gasteiger partial charge is 0.326 e. The van der Waals surface area contributed by atoms with Gasteiger partial charge < -0.3 is 23.9 Å². The Hall–Kier alpha value is -3.17. The number of methoxy groups -OCH3 is 1. The number of Topliss-reactive ketones (excluding diaryl/α,β-unsaturated/α-hetero) is 1. The van der Waals surface area contributed by atoms with E-state index in [-0.39, 0.29) is 18.2 Å². The number of hydrogen-bond acceptors (Lipinski definition) is 9. The molecule has 1 saturated heterocycles. The SMILES string of the molecule is COC(=O)[C@@H]1C[C@H](OC(=O)CNC(C)=O)C(=O)C2[C@@]1(C)CC[C@H]1C(=O)O[C@H](c3ccoc3)C[C@]21C. The van der Waals surface area contributed by atoms with Crippen molar-refractivity contribution in [1.82, 2.24) is 5.32 Å². The van der Waals surface area contributed by atoms with E-state index in [4.69, 9.17) is 18.6 Å². The van der Waals surface area contributed by atoms with Gasteiger partial charge in [0.15, 0.2) is 11.9 Å².